The maximum Gasteiger partial charge on any atom is 0.271 e. The lowest BCUT2D eigenvalue weighted by molar-refractivity contribution is -0.123. The first kappa shape index (κ1) is 16.6. The molecule has 0 aliphatic heterocycles. The van der Waals surface area contributed by atoms with Crippen molar-refractivity contribution in [2.24, 2.45) is 5.14 Å². The highest BCUT2D eigenvalue weighted by molar-refractivity contribution is 7.89. The van der Waals surface area contributed by atoms with E-state index in [1.807, 2.05) is 0 Å². The number of carbonyl (C=O) groups is 1. The minimum atomic E-state index is -3.84. The van der Waals surface area contributed by atoms with Crippen LogP contribution in [0.4, 0.5) is 0 Å². The van der Waals surface area contributed by atoms with Gasteiger partial charge in [-0.15, -0.1) is 0 Å². The molecule has 9 heteroatoms. The standard InChI is InChI=1S/C11H19N3O5S/c1-8(11(15)13-5-6-18-2)14-7-9-3-4-10(19-9)20(12,16)17/h3-4,8,14H,5-7H2,1-2H3,(H,13,15)(H2,12,16,17). The van der Waals surface area contributed by atoms with Gasteiger partial charge < -0.3 is 14.5 Å². The van der Waals surface area contributed by atoms with Gasteiger partial charge in [0.15, 0.2) is 0 Å². The van der Waals surface area contributed by atoms with Gasteiger partial charge in [-0.1, -0.05) is 0 Å². The number of furan rings is 1. The number of methoxy groups -OCH3 is 1. The molecule has 1 rings (SSSR count). The van der Waals surface area contributed by atoms with Crippen molar-refractivity contribution >= 4 is 15.9 Å². The van der Waals surface area contributed by atoms with Crippen LogP contribution < -0.4 is 15.8 Å². The van der Waals surface area contributed by atoms with E-state index in [2.05, 4.69) is 10.6 Å². The topological polar surface area (TPSA) is 124 Å². The Balaban J connectivity index is 2.43. The Hall–Kier alpha value is -1.42. The van der Waals surface area contributed by atoms with E-state index in [4.69, 9.17) is 14.3 Å². The Bertz CT molecular complexity index is 540. The first-order valence-electron chi connectivity index (χ1n) is 5.96. The summed E-state index contributed by atoms with van der Waals surface area (Å²) in [7, 11) is -2.29. The molecule has 0 saturated carbocycles. The number of nitrogens with two attached hydrogens (primary N) is 1. The van der Waals surface area contributed by atoms with Crippen LogP contribution in [-0.2, 0) is 26.1 Å². The van der Waals surface area contributed by atoms with Crippen molar-refractivity contribution in [1.82, 2.24) is 10.6 Å². The van der Waals surface area contributed by atoms with Crippen LogP contribution in [0.15, 0.2) is 21.6 Å². The highest BCUT2D eigenvalue weighted by Crippen LogP contribution is 2.11. The van der Waals surface area contributed by atoms with Crippen LogP contribution >= 0.6 is 0 Å². The molecule has 4 N–H and O–H groups in total. The number of nitrogens with one attached hydrogen (secondary N) is 2. The van der Waals surface area contributed by atoms with E-state index in [1.165, 1.54) is 12.1 Å². The third-order valence-electron chi connectivity index (χ3n) is 2.50. The fraction of sp³-hybridized carbons (Fsp3) is 0.545. The second-order valence-corrected chi connectivity index (χ2v) is 5.64. The normalized spacial score (nSPS) is 13.2. The molecule has 8 nitrogen and oxygen atoms in total. The summed E-state index contributed by atoms with van der Waals surface area (Å²) in [6.45, 7) is 2.77. The van der Waals surface area contributed by atoms with Crippen LogP contribution in [0, 0.1) is 0 Å². The quantitative estimate of drug-likeness (QED) is 0.538. The van der Waals surface area contributed by atoms with Crippen molar-refractivity contribution in [2.75, 3.05) is 20.3 Å². The van der Waals surface area contributed by atoms with Gasteiger partial charge in [0, 0.05) is 13.7 Å². The molecular formula is C11H19N3O5S. The monoisotopic (exact) mass is 305 g/mol. The minimum Gasteiger partial charge on any atom is -0.447 e. The number of amides is 1. The Morgan fingerprint density at radius 2 is 2.20 bits per heavy atom. The Kier molecular flexibility index (Phi) is 6.14. The molecule has 1 heterocycles. The van der Waals surface area contributed by atoms with E-state index in [0.29, 0.717) is 18.9 Å². The molecule has 1 amide bonds. The summed E-state index contributed by atoms with van der Waals surface area (Å²) in [5.74, 6) is 0.200. The Morgan fingerprint density at radius 3 is 2.75 bits per heavy atom. The second-order valence-electron chi connectivity index (χ2n) is 4.15. The van der Waals surface area contributed by atoms with Gasteiger partial charge in [0.1, 0.15) is 5.76 Å². The molecule has 0 saturated heterocycles. The molecule has 0 aliphatic rings. The molecule has 1 aromatic rings. The molecule has 1 aromatic heterocycles. The highest BCUT2D eigenvalue weighted by Gasteiger charge is 2.15. The zero-order valence-electron chi connectivity index (χ0n) is 11.4. The fourth-order valence-corrected chi connectivity index (χ4v) is 1.86. The van der Waals surface area contributed by atoms with Crippen molar-refractivity contribution in [3.05, 3.63) is 17.9 Å². The summed E-state index contributed by atoms with van der Waals surface area (Å²) in [4.78, 5) is 11.6. The second kappa shape index (κ2) is 7.39. The molecule has 0 radical (unpaired) electrons. The van der Waals surface area contributed by atoms with Crippen molar-refractivity contribution < 1.29 is 22.4 Å². The summed E-state index contributed by atoms with van der Waals surface area (Å²) < 4.78 is 31.9. The SMILES string of the molecule is COCCNC(=O)C(C)NCc1ccc(S(N)(=O)=O)o1. The number of hydrogen-bond acceptors (Lipinski definition) is 6. The van der Waals surface area contributed by atoms with Crippen molar-refractivity contribution in [3.63, 3.8) is 0 Å². The smallest absolute Gasteiger partial charge is 0.271 e. The number of hydrogen-bond donors (Lipinski definition) is 3. The molecule has 1 atom stereocenters. The number of sulfonamides is 1. The van der Waals surface area contributed by atoms with Gasteiger partial charge >= 0.3 is 0 Å². The van der Waals surface area contributed by atoms with Crippen LogP contribution in [0.5, 0.6) is 0 Å². The van der Waals surface area contributed by atoms with Gasteiger partial charge in [-0.25, -0.2) is 13.6 Å². The predicted octanol–water partition coefficient (Wildman–Crippen LogP) is -0.832. The van der Waals surface area contributed by atoms with E-state index in [-0.39, 0.29) is 17.5 Å². The van der Waals surface area contributed by atoms with E-state index in [9.17, 15) is 13.2 Å². The number of carbonyl (C=O) groups excluding carboxylic acids is 1. The van der Waals surface area contributed by atoms with Crippen LogP contribution in [-0.4, -0.2) is 40.6 Å². The van der Waals surface area contributed by atoms with E-state index >= 15 is 0 Å². The van der Waals surface area contributed by atoms with Gasteiger partial charge in [0.2, 0.25) is 11.0 Å². The maximum atomic E-state index is 11.6. The Morgan fingerprint density at radius 1 is 1.50 bits per heavy atom. The largest absolute Gasteiger partial charge is 0.447 e. The molecule has 20 heavy (non-hydrogen) atoms. The molecule has 0 fully saturated rings. The number of ether oxygens (including phenoxy) is 1. The zero-order chi connectivity index (χ0) is 15.2. The minimum absolute atomic E-state index is 0.180. The highest BCUT2D eigenvalue weighted by atomic mass is 32.2. The predicted molar refractivity (Wildman–Crippen MR) is 71.3 cm³/mol. The lowest BCUT2D eigenvalue weighted by Gasteiger charge is -2.12. The molecule has 1 unspecified atom stereocenters. The van der Waals surface area contributed by atoms with Crippen LogP contribution in [0.25, 0.3) is 0 Å². The lowest BCUT2D eigenvalue weighted by atomic mass is 10.3. The average molecular weight is 305 g/mol. The first-order chi connectivity index (χ1) is 9.34. The van der Waals surface area contributed by atoms with Gasteiger partial charge in [-0.05, 0) is 19.1 Å². The van der Waals surface area contributed by atoms with Gasteiger partial charge in [-0.2, -0.15) is 0 Å². The summed E-state index contributed by atoms with van der Waals surface area (Å²) in [6.07, 6.45) is 0. The number of primary sulfonamides is 1. The average Bonchev–Trinajstić information content (AvgIpc) is 2.84. The molecule has 0 aromatic carbocycles. The van der Waals surface area contributed by atoms with Gasteiger partial charge in [0.05, 0.1) is 19.2 Å². The summed E-state index contributed by atoms with van der Waals surface area (Å²) >= 11 is 0. The van der Waals surface area contributed by atoms with Gasteiger partial charge in [0.25, 0.3) is 10.0 Å². The lowest BCUT2D eigenvalue weighted by Crippen LogP contribution is -2.42. The summed E-state index contributed by atoms with van der Waals surface area (Å²) in [5, 5.41) is 10.2. The summed E-state index contributed by atoms with van der Waals surface area (Å²) in [6, 6.07) is 2.31. The van der Waals surface area contributed by atoms with Crippen molar-refractivity contribution in [2.45, 2.75) is 24.6 Å². The fourth-order valence-electron chi connectivity index (χ4n) is 1.38. The van der Waals surface area contributed by atoms with Gasteiger partial charge in [-0.3, -0.25) is 10.1 Å². The molecule has 0 spiro atoms. The van der Waals surface area contributed by atoms with Crippen molar-refractivity contribution in [3.8, 4) is 0 Å². The molecule has 0 aliphatic carbocycles. The van der Waals surface area contributed by atoms with E-state index in [1.54, 1.807) is 14.0 Å². The molecule has 114 valence electrons. The first-order valence-corrected chi connectivity index (χ1v) is 7.50. The molecule has 0 bridgehead atoms. The van der Waals surface area contributed by atoms with E-state index < -0.39 is 16.1 Å². The van der Waals surface area contributed by atoms with Crippen LogP contribution in [0.2, 0.25) is 0 Å². The number of rotatable bonds is 8. The van der Waals surface area contributed by atoms with E-state index in [0.717, 1.165) is 0 Å². The maximum absolute atomic E-state index is 11.6. The van der Waals surface area contributed by atoms with Crippen molar-refractivity contribution in [1.29, 1.82) is 0 Å². The molecular weight excluding hydrogens is 286 g/mol. The van der Waals surface area contributed by atoms with Crippen LogP contribution in [0.3, 0.4) is 0 Å². The third kappa shape index (κ3) is 5.29. The van der Waals surface area contributed by atoms with Crippen LogP contribution in [0.1, 0.15) is 12.7 Å². The third-order valence-corrected chi connectivity index (χ3v) is 3.28. The Labute approximate surface area is 117 Å². The zero-order valence-corrected chi connectivity index (χ0v) is 12.2. The summed E-state index contributed by atoms with van der Waals surface area (Å²) in [5.41, 5.74) is 0.